The van der Waals surface area contributed by atoms with Gasteiger partial charge in [0.2, 0.25) is 12.0 Å². The number of aliphatic hydroxyl groups excluding tert-OH is 1. The van der Waals surface area contributed by atoms with E-state index >= 15 is 0 Å². The first kappa shape index (κ1) is 13.7. The van der Waals surface area contributed by atoms with Gasteiger partial charge in [-0.3, -0.25) is 0 Å². The van der Waals surface area contributed by atoms with Gasteiger partial charge in [0.05, 0.1) is 6.26 Å². The molecule has 3 rings (SSSR count). The number of furan rings is 1. The van der Waals surface area contributed by atoms with E-state index < -0.39 is 17.5 Å². The van der Waals surface area contributed by atoms with E-state index in [1.54, 1.807) is 18.2 Å². The average Bonchev–Trinajstić information content (AvgIpc) is 2.85. The van der Waals surface area contributed by atoms with Crippen LogP contribution >= 0.6 is 0 Å². The Bertz CT molecular complexity index is 852. The molecule has 21 heavy (non-hydrogen) atoms. The Morgan fingerprint density at radius 2 is 1.90 bits per heavy atom. The molecule has 6 heteroatoms. The Labute approximate surface area is 119 Å². The normalized spacial score (nSPS) is 13.7. The van der Waals surface area contributed by atoms with E-state index in [4.69, 9.17) is 13.6 Å². The van der Waals surface area contributed by atoms with E-state index in [2.05, 4.69) is 0 Å². The number of benzene rings is 1. The van der Waals surface area contributed by atoms with Crippen LogP contribution in [0.5, 0.6) is 5.75 Å². The van der Waals surface area contributed by atoms with Crippen molar-refractivity contribution in [1.82, 2.24) is 0 Å². The summed E-state index contributed by atoms with van der Waals surface area (Å²) in [6.07, 6.45) is -0.0488. The van der Waals surface area contributed by atoms with Crippen molar-refractivity contribution in [2.24, 2.45) is 0 Å². The molecule has 0 aliphatic heterocycles. The summed E-state index contributed by atoms with van der Waals surface area (Å²) < 4.78 is 15.9. The Balaban J connectivity index is 2.27. The van der Waals surface area contributed by atoms with Crippen LogP contribution in [0, 0.1) is 0 Å². The lowest BCUT2D eigenvalue weighted by Gasteiger charge is -2.25. The van der Waals surface area contributed by atoms with Gasteiger partial charge in [0.25, 0.3) is 0 Å². The summed E-state index contributed by atoms with van der Waals surface area (Å²) >= 11 is 0. The van der Waals surface area contributed by atoms with Gasteiger partial charge in [0, 0.05) is 16.8 Å². The molecule has 1 unspecified atom stereocenters. The molecule has 0 saturated heterocycles. The number of rotatable bonds is 3. The zero-order valence-electron chi connectivity index (χ0n) is 11.5. The van der Waals surface area contributed by atoms with E-state index in [0.29, 0.717) is 11.0 Å². The van der Waals surface area contributed by atoms with E-state index in [1.165, 1.54) is 26.2 Å². The molecule has 1 aromatic carbocycles. The lowest BCUT2D eigenvalue weighted by atomic mass is 10.1. The third-order valence-electron chi connectivity index (χ3n) is 3.12. The molecule has 1 atom stereocenters. The molecule has 0 aliphatic carbocycles. The predicted octanol–water partition coefficient (Wildman–Crippen LogP) is 2.01. The van der Waals surface area contributed by atoms with Gasteiger partial charge in [-0.25, -0.2) is 4.79 Å². The van der Waals surface area contributed by atoms with Crippen LogP contribution < -0.4 is 10.4 Å². The van der Waals surface area contributed by atoms with Crippen molar-refractivity contribution in [3.63, 3.8) is 0 Å². The predicted molar refractivity (Wildman–Crippen MR) is 75.2 cm³/mol. The van der Waals surface area contributed by atoms with Crippen molar-refractivity contribution in [1.29, 1.82) is 0 Å². The third-order valence-corrected chi connectivity index (χ3v) is 3.12. The van der Waals surface area contributed by atoms with Crippen LogP contribution in [0.25, 0.3) is 21.9 Å². The maximum atomic E-state index is 11.4. The monoisotopic (exact) mass is 290 g/mol. The van der Waals surface area contributed by atoms with Crippen LogP contribution in [0.1, 0.15) is 13.8 Å². The highest BCUT2D eigenvalue weighted by Gasteiger charge is 2.29. The van der Waals surface area contributed by atoms with Crippen molar-refractivity contribution in [3.8, 4) is 5.75 Å². The van der Waals surface area contributed by atoms with Gasteiger partial charge in [-0.05, 0) is 32.0 Å². The van der Waals surface area contributed by atoms with Crippen LogP contribution in [0.2, 0.25) is 0 Å². The Hall–Kier alpha value is -2.31. The molecular formula is C15H14O6. The first-order valence-electron chi connectivity index (χ1n) is 6.37. The van der Waals surface area contributed by atoms with Crippen molar-refractivity contribution in [2.45, 2.75) is 25.7 Å². The highest BCUT2D eigenvalue weighted by atomic mass is 16.6. The molecule has 0 bridgehead atoms. The molecule has 0 aliphatic rings. The molecule has 0 fully saturated rings. The fraction of sp³-hybridized carbons (Fsp3) is 0.267. The highest BCUT2D eigenvalue weighted by Crippen LogP contribution is 2.36. The summed E-state index contributed by atoms with van der Waals surface area (Å²) in [6.45, 7) is 2.80. The third kappa shape index (κ3) is 2.39. The van der Waals surface area contributed by atoms with Gasteiger partial charge in [0.15, 0.2) is 11.2 Å². The minimum atomic E-state index is -1.51. The molecule has 2 N–H and O–H groups in total. The van der Waals surface area contributed by atoms with Crippen LogP contribution in [-0.4, -0.2) is 22.1 Å². The standard InChI is InChI=1S/C15H14O6/c1-15(2,18)14(17)21-13-11-9(5-6-19-11)7-8-3-4-10(16)20-12(8)13/h3-7,14,17-18H,1-2H3. The van der Waals surface area contributed by atoms with Crippen molar-refractivity contribution >= 4 is 21.9 Å². The molecule has 6 nitrogen and oxygen atoms in total. The second-order valence-electron chi connectivity index (χ2n) is 5.34. The number of ether oxygens (including phenoxy) is 1. The highest BCUT2D eigenvalue weighted by molar-refractivity contribution is 5.99. The maximum Gasteiger partial charge on any atom is 0.336 e. The first-order valence-corrected chi connectivity index (χ1v) is 6.37. The summed E-state index contributed by atoms with van der Waals surface area (Å²) in [5.41, 5.74) is -1.54. The maximum absolute atomic E-state index is 11.4. The molecule has 2 aromatic heterocycles. The fourth-order valence-corrected chi connectivity index (χ4v) is 1.97. The number of fused-ring (bicyclic) bond motifs is 2. The molecule has 3 aromatic rings. The summed E-state index contributed by atoms with van der Waals surface area (Å²) in [5.74, 6) is 0.0832. The Kier molecular flexibility index (Phi) is 3.00. The number of hydrogen-bond acceptors (Lipinski definition) is 6. The van der Waals surface area contributed by atoms with Crippen molar-refractivity contribution in [2.75, 3.05) is 0 Å². The van der Waals surface area contributed by atoms with Crippen LogP contribution in [-0.2, 0) is 0 Å². The smallest absolute Gasteiger partial charge is 0.336 e. The van der Waals surface area contributed by atoms with E-state index in [-0.39, 0.29) is 11.3 Å². The zero-order chi connectivity index (χ0) is 15.2. The number of hydrogen-bond donors (Lipinski definition) is 2. The van der Waals surface area contributed by atoms with Crippen LogP contribution in [0.3, 0.4) is 0 Å². The van der Waals surface area contributed by atoms with Gasteiger partial charge in [-0.15, -0.1) is 0 Å². The van der Waals surface area contributed by atoms with Gasteiger partial charge in [-0.2, -0.15) is 0 Å². The lowest BCUT2D eigenvalue weighted by molar-refractivity contribution is -0.149. The summed E-state index contributed by atoms with van der Waals surface area (Å²) in [4.78, 5) is 11.4. The first-order chi connectivity index (χ1) is 9.86. The summed E-state index contributed by atoms with van der Waals surface area (Å²) in [6, 6.07) is 6.39. The molecule has 0 radical (unpaired) electrons. The average molecular weight is 290 g/mol. The van der Waals surface area contributed by atoms with Crippen molar-refractivity contribution in [3.05, 3.63) is 40.9 Å². The molecule has 2 heterocycles. The quantitative estimate of drug-likeness (QED) is 0.566. The van der Waals surface area contributed by atoms with E-state index in [9.17, 15) is 15.0 Å². The zero-order valence-corrected chi connectivity index (χ0v) is 11.5. The SMILES string of the molecule is CC(C)(O)C(O)Oc1c2occc2cc2ccc(=O)oc12. The van der Waals surface area contributed by atoms with Gasteiger partial charge in [-0.1, -0.05) is 0 Å². The van der Waals surface area contributed by atoms with E-state index in [1.807, 2.05) is 0 Å². The fourth-order valence-electron chi connectivity index (χ4n) is 1.97. The van der Waals surface area contributed by atoms with E-state index in [0.717, 1.165) is 5.39 Å². The largest absolute Gasteiger partial charge is 0.460 e. The second-order valence-corrected chi connectivity index (χ2v) is 5.34. The van der Waals surface area contributed by atoms with Crippen molar-refractivity contribution < 1.29 is 23.8 Å². The van der Waals surface area contributed by atoms with Gasteiger partial charge >= 0.3 is 5.63 Å². The second kappa shape index (κ2) is 4.61. The Morgan fingerprint density at radius 3 is 2.62 bits per heavy atom. The molecule has 0 spiro atoms. The lowest BCUT2D eigenvalue weighted by Crippen LogP contribution is -2.40. The molecule has 110 valence electrons. The topological polar surface area (TPSA) is 93.0 Å². The summed E-state index contributed by atoms with van der Waals surface area (Å²) in [7, 11) is 0. The molecule has 0 saturated carbocycles. The minimum absolute atomic E-state index is 0.0832. The van der Waals surface area contributed by atoms with Gasteiger partial charge in [0.1, 0.15) is 5.60 Å². The van der Waals surface area contributed by atoms with Crippen LogP contribution in [0.4, 0.5) is 0 Å². The molecular weight excluding hydrogens is 276 g/mol. The minimum Gasteiger partial charge on any atom is -0.460 e. The summed E-state index contributed by atoms with van der Waals surface area (Å²) in [5, 5.41) is 21.1. The van der Waals surface area contributed by atoms with Crippen LogP contribution in [0.15, 0.2) is 44.2 Å². The number of aliphatic hydroxyl groups is 2. The molecule has 0 amide bonds. The van der Waals surface area contributed by atoms with Gasteiger partial charge < -0.3 is 23.8 Å². The Morgan fingerprint density at radius 1 is 1.19 bits per heavy atom.